The Kier molecular flexibility index (Phi) is 4.10. The Balaban J connectivity index is 1.41. The first-order valence-electron chi connectivity index (χ1n) is 7.28. The Morgan fingerprint density at radius 1 is 1.04 bits per heavy atom. The van der Waals surface area contributed by atoms with Crippen LogP contribution in [0.25, 0.3) is 22.0 Å². The van der Waals surface area contributed by atoms with Crippen molar-refractivity contribution < 1.29 is 9.26 Å². The zero-order valence-corrected chi connectivity index (χ0v) is 14.4. The van der Waals surface area contributed by atoms with Crippen molar-refractivity contribution in [1.29, 1.82) is 0 Å². The molecule has 0 amide bonds. The SMILES string of the molecule is Cc1csc(-c2ccc(OCc3nc(-c4ccsc4)no3)cc2)n1. The van der Waals surface area contributed by atoms with Crippen LogP contribution in [-0.2, 0) is 6.61 Å². The molecule has 0 saturated heterocycles. The molecule has 0 aliphatic heterocycles. The van der Waals surface area contributed by atoms with Gasteiger partial charge in [-0.15, -0.1) is 11.3 Å². The maximum Gasteiger partial charge on any atom is 0.264 e. The second-order valence-corrected chi connectivity index (χ2v) is 6.77. The van der Waals surface area contributed by atoms with Gasteiger partial charge < -0.3 is 9.26 Å². The fourth-order valence-electron chi connectivity index (χ4n) is 2.15. The normalized spacial score (nSPS) is 10.9. The van der Waals surface area contributed by atoms with Crippen LogP contribution in [0.3, 0.4) is 0 Å². The fraction of sp³-hybridized carbons (Fsp3) is 0.118. The summed E-state index contributed by atoms with van der Waals surface area (Å²) in [4.78, 5) is 8.81. The van der Waals surface area contributed by atoms with Gasteiger partial charge in [0.05, 0.1) is 0 Å². The minimum Gasteiger partial charge on any atom is -0.484 e. The number of hydrogen-bond donors (Lipinski definition) is 0. The molecule has 1 aromatic carbocycles. The molecule has 0 saturated carbocycles. The van der Waals surface area contributed by atoms with Crippen molar-refractivity contribution in [3.63, 3.8) is 0 Å². The van der Waals surface area contributed by atoms with E-state index in [1.807, 2.05) is 53.4 Å². The molecule has 0 fully saturated rings. The molecule has 7 heteroatoms. The zero-order chi connectivity index (χ0) is 16.4. The lowest BCUT2D eigenvalue weighted by Crippen LogP contribution is -1.95. The van der Waals surface area contributed by atoms with Crippen LogP contribution in [0.15, 0.2) is 51.0 Å². The summed E-state index contributed by atoms with van der Waals surface area (Å²) < 4.78 is 10.9. The third-order valence-electron chi connectivity index (χ3n) is 3.33. The molecule has 0 atom stereocenters. The summed E-state index contributed by atoms with van der Waals surface area (Å²) in [6.45, 7) is 2.24. The number of thiophene rings is 1. The van der Waals surface area contributed by atoms with E-state index in [1.54, 1.807) is 22.7 Å². The maximum atomic E-state index is 5.71. The van der Waals surface area contributed by atoms with Gasteiger partial charge in [-0.05, 0) is 42.6 Å². The van der Waals surface area contributed by atoms with E-state index >= 15 is 0 Å². The number of rotatable bonds is 5. The summed E-state index contributed by atoms with van der Waals surface area (Å²) >= 11 is 3.23. The number of benzene rings is 1. The Labute approximate surface area is 146 Å². The Hall–Kier alpha value is -2.51. The van der Waals surface area contributed by atoms with Crippen LogP contribution in [-0.4, -0.2) is 15.1 Å². The molecule has 4 aromatic rings. The van der Waals surface area contributed by atoms with Crippen molar-refractivity contribution in [3.05, 3.63) is 58.1 Å². The first kappa shape index (κ1) is 15.0. The molecule has 0 radical (unpaired) electrons. The molecule has 4 rings (SSSR count). The van der Waals surface area contributed by atoms with Crippen molar-refractivity contribution in [2.24, 2.45) is 0 Å². The van der Waals surface area contributed by atoms with Crippen molar-refractivity contribution in [3.8, 4) is 27.7 Å². The van der Waals surface area contributed by atoms with E-state index < -0.39 is 0 Å². The molecule has 0 bridgehead atoms. The highest BCUT2D eigenvalue weighted by molar-refractivity contribution is 7.13. The van der Waals surface area contributed by atoms with Crippen molar-refractivity contribution in [2.45, 2.75) is 13.5 Å². The Bertz CT molecular complexity index is 927. The highest BCUT2D eigenvalue weighted by atomic mass is 32.1. The second kappa shape index (κ2) is 6.54. The van der Waals surface area contributed by atoms with Gasteiger partial charge in [0.2, 0.25) is 5.82 Å². The third kappa shape index (κ3) is 3.22. The second-order valence-electron chi connectivity index (χ2n) is 5.13. The highest BCUT2D eigenvalue weighted by Gasteiger charge is 2.09. The molecule has 24 heavy (non-hydrogen) atoms. The van der Waals surface area contributed by atoms with Gasteiger partial charge >= 0.3 is 0 Å². The van der Waals surface area contributed by atoms with Crippen LogP contribution in [0.5, 0.6) is 5.75 Å². The molecular formula is C17H13N3O2S2. The number of thiazole rings is 1. The van der Waals surface area contributed by atoms with Gasteiger partial charge in [-0.1, -0.05) is 5.16 Å². The largest absolute Gasteiger partial charge is 0.484 e. The average Bonchev–Trinajstić information content (AvgIpc) is 3.34. The minimum absolute atomic E-state index is 0.243. The quantitative estimate of drug-likeness (QED) is 0.514. The summed E-state index contributed by atoms with van der Waals surface area (Å²) in [5.74, 6) is 1.79. The number of nitrogens with zero attached hydrogens (tertiary/aromatic N) is 3. The third-order valence-corrected chi connectivity index (χ3v) is 5.02. The molecule has 0 aliphatic rings. The van der Waals surface area contributed by atoms with Crippen LogP contribution in [0, 0.1) is 6.92 Å². The summed E-state index contributed by atoms with van der Waals surface area (Å²) in [6.07, 6.45) is 0. The molecule has 0 N–H and O–H groups in total. The molecule has 3 aromatic heterocycles. The van der Waals surface area contributed by atoms with E-state index in [-0.39, 0.29) is 6.61 Å². The molecule has 0 spiro atoms. The smallest absolute Gasteiger partial charge is 0.264 e. The van der Waals surface area contributed by atoms with E-state index in [0.717, 1.165) is 27.6 Å². The van der Waals surface area contributed by atoms with E-state index in [4.69, 9.17) is 9.26 Å². The van der Waals surface area contributed by atoms with Gasteiger partial charge in [-0.2, -0.15) is 16.3 Å². The summed E-state index contributed by atoms with van der Waals surface area (Å²) in [5, 5.41) is 11.0. The van der Waals surface area contributed by atoms with Crippen LogP contribution < -0.4 is 4.74 Å². The van der Waals surface area contributed by atoms with E-state index in [0.29, 0.717) is 11.7 Å². The lowest BCUT2D eigenvalue weighted by Gasteiger charge is -2.03. The molecule has 3 heterocycles. The fourth-order valence-corrected chi connectivity index (χ4v) is 3.59. The van der Waals surface area contributed by atoms with E-state index in [1.165, 1.54) is 0 Å². The topological polar surface area (TPSA) is 61.0 Å². The van der Waals surface area contributed by atoms with Gasteiger partial charge in [0.25, 0.3) is 5.89 Å². The average molecular weight is 355 g/mol. The number of hydrogen-bond acceptors (Lipinski definition) is 7. The number of ether oxygens (including phenoxy) is 1. The number of aryl methyl sites for hydroxylation is 1. The monoisotopic (exact) mass is 355 g/mol. The minimum atomic E-state index is 0.243. The number of aromatic nitrogens is 3. The van der Waals surface area contributed by atoms with Crippen LogP contribution >= 0.6 is 22.7 Å². The Morgan fingerprint density at radius 3 is 2.62 bits per heavy atom. The van der Waals surface area contributed by atoms with Gasteiger partial charge in [0.1, 0.15) is 10.8 Å². The molecule has 120 valence electrons. The van der Waals surface area contributed by atoms with Gasteiger partial charge in [0.15, 0.2) is 6.61 Å². The predicted octanol–water partition coefficient (Wildman–Crippen LogP) is 4.81. The predicted molar refractivity (Wildman–Crippen MR) is 94.2 cm³/mol. The molecule has 0 aliphatic carbocycles. The van der Waals surface area contributed by atoms with E-state index in [9.17, 15) is 0 Å². The summed E-state index contributed by atoms with van der Waals surface area (Å²) in [7, 11) is 0. The first-order valence-corrected chi connectivity index (χ1v) is 9.11. The molecule has 5 nitrogen and oxygen atoms in total. The van der Waals surface area contributed by atoms with Gasteiger partial charge in [0, 0.05) is 27.6 Å². The summed E-state index contributed by atoms with van der Waals surface area (Å²) in [6, 6.07) is 9.79. The zero-order valence-electron chi connectivity index (χ0n) is 12.8. The van der Waals surface area contributed by atoms with Crippen molar-refractivity contribution >= 4 is 22.7 Å². The van der Waals surface area contributed by atoms with Crippen LogP contribution in [0.4, 0.5) is 0 Å². The maximum absolute atomic E-state index is 5.71. The molecule has 0 unspecified atom stereocenters. The van der Waals surface area contributed by atoms with Gasteiger partial charge in [-0.25, -0.2) is 4.98 Å². The standard InChI is InChI=1S/C17H13N3O2S2/c1-11-9-24-17(18-11)12-2-4-14(5-3-12)21-8-15-19-16(20-22-15)13-6-7-23-10-13/h2-7,9-10H,8H2,1H3. The summed E-state index contributed by atoms with van der Waals surface area (Å²) in [5.41, 5.74) is 3.07. The lowest BCUT2D eigenvalue weighted by molar-refractivity contribution is 0.243. The lowest BCUT2D eigenvalue weighted by atomic mass is 10.2. The van der Waals surface area contributed by atoms with Crippen molar-refractivity contribution in [2.75, 3.05) is 0 Å². The van der Waals surface area contributed by atoms with Crippen LogP contribution in [0.2, 0.25) is 0 Å². The van der Waals surface area contributed by atoms with E-state index in [2.05, 4.69) is 15.1 Å². The van der Waals surface area contributed by atoms with Crippen LogP contribution in [0.1, 0.15) is 11.6 Å². The van der Waals surface area contributed by atoms with Crippen molar-refractivity contribution in [1.82, 2.24) is 15.1 Å². The Morgan fingerprint density at radius 2 is 1.92 bits per heavy atom. The first-order chi connectivity index (χ1) is 11.8. The highest BCUT2D eigenvalue weighted by Crippen LogP contribution is 2.26. The molecular weight excluding hydrogens is 342 g/mol. The van der Waals surface area contributed by atoms with Gasteiger partial charge in [-0.3, -0.25) is 0 Å².